The van der Waals surface area contributed by atoms with Gasteiger partial charge in [0.1, 0.15) is 0 Å². The van der Waals surface area contributed by atoms with Crippen LogP contribution in [0.1, 0.15) is 31.8 Å². The maximum absolute atomic E-state index is 13.2. The number of benzene rings is 4. The molecule has 3 nitrogen and oxygen atoms in total. The number of amides is 1. The van der Waals surface area contributed by atoms with Crippen molar-refractivity contribution in [3.8, 4) is 11.1 Å². The van der Waals surface area contributed by atoms with Crippen LogP contribution in [-0.2, 0) is 0 Å². The Morgan fingerprint density at radius 2 is 1.23 bits per heavy atom. The van der Waals surface area contributed by atoms with Gasteiger partial charge in [-0.25, -0.2) is 0 Å². The van der Waals surface area contributed by atoms with E-state index in [4.69, 9.17) is 0 Å². The number of rotatable bonds is 5. The van der Waals surface area contributed by atoms with Gasteiger partial charge in [0.15, 0.2) is 5.78 Å². The van der Waals surface area contributed by atoms with E-state index in [2.05, 4.69) is 5.32 Å². The van der Waals surface area contributed by atoms with E-state index in [0.717, 1.165) is 16.7 Å². The van der Waals surface area contributed by atoms with Gasteiger partial charge in [0.25, 0.3) is 5.91 Å². The van der Waals surface area contributed by atoms with Gasteiger partial charge in [-0.2, -0.15) is 0 Å². The lowest BCUT2D eigenvalue weighted by molar-refractivity contribution is 0.102. The molecule has 0 saturated carbocycles. The van der Waals surface area contributed by atoms with Crippen LogP contribution >= 0.6 is 0 Å². The van der Waals surface area contributed by atoms with Crippen LogP contribution in [0.3, 0.4) is 0 Å². The van der Waals surface area contributed by atoms with E-state index in [1.807, 2.05) is 73.7 Å². The van der Waals surface area contributed by atoms with Crippen molar-refractivity contribution in [3.05, 3.63) is 125 Å². The van der Waals surface area contributed by atoms with Gasteiger partial charge in [-0.3, -0.25) is 9.59 Å². The quantitative estimate of drug-likeness (QED) is 0.415. The minimum absolute atomic E-state index is 0.127. The van der Waals surface area contributed by atoms with Gasteiger partial charge in [-0.1, -0.05) is 90.5 Å². The standard InChI is InChI=1S/C27H21NO2/c1-19-15-17-20(18-16-19)22-11-5-6-12-23(22)27(30)28-25-14-8-7-13-24(25)26(29)21-9-3-2-4-10-21/h2-18H,1H3,(H,28,30). The molecule has 0 radical (unpaired) electrons. The van der Waals surface area contributed by atoms with Crippen LogP contribution in [-0.4, -0.2) is 11.7 Å². The summed E-state index contributed by atoms with van der Waals surface area (Å²) in [5.41, 5.74) is 5.08. The van der Waals surface area contributed by atoms with Gasteiger partial charge in [0.05, 0.1) is 5.69 Å². The molecular formula is C27H21NO2. The molecule has 0 saturated heterocycles. The van der Waals surface area contributed by atoms with E-state index in [1.54, 1.807) is 36.4 Å². The summed E-state index contributed by atoms with van der Waals surface area (Å²) in [6.45, 7) is 2.03. The third-order valence-electron chi connectivity index (χ3n) is 4.99. The van der Waals surface area contributed by atoms with Gasteiger partial charge in [-0.15, -0.1) is 0 Å². The molecule has 0 heterocycles. The molecule has 4 aromatic carbocycles. The second-order valence-electron chi connectivity index (χ2n) is 7.11. The average Bonchev–Trinajstić information content (AvgIpc) is 2.80. The Morgan fingerprint density at radius 1 is 0.633 bits per heavy atom. The number of carbonyl (C=O) groups is 2. The van der Waals surface area contributed by atoms with Gasteiger partial charge in [0, 0.05) is 16.7 Å². The molecule has 1 N–H and O–H groups in total. The third-order valence-corrected chi connectivity index (χ3v) is 4.99. The van der Waals surface area contributed by atoms with E-state index in [1.165, 1.54) is 0 Å². The molecule has 4 aromatic rings. The Hall–Kier alpha value is -3.98. The van der Waals surface area contributed by atoms with Crippen molar-refractivity contribution in [1.82, 2.24) is 0 Å². The summed E-state index contributed by atoms with van der Waals surface area (Å²) >= 11 is 0. The summed E-state index contributed by atoms with van der Waals surface area (Å²) in [5, 5.41) is 2.94. The molecule has 0 aliphatic heterocycles. The van der Waals surface area contributed by atoms with E-state index < -0.39 is 0 Å². The van der Waals surface area contributed by atoms with E-state index >= 15 is 0 Å². The summed E-state index contributed by atoms with van der Waals surface area (Å²) in [7, 11) is 0. The summed E-state index contributed by atoms with van der Waals surface area (Å²) < 4.78 is 0. The Bertz CT molecular complexity index is 1190. The van der Waals surface area contributed by atoms with Crippen molar-refractivity contribution in [1.29, 1.82) is 0 Å². The number of para-hydroxylation sites is 1. The molecule has 0 fully saturated rings. The fourth-order valence-electron chi connectivity index (χ4n) is 3.39. The molecule has 0 aromatic heterocycles. The first-order valence-corrected chi connectivity index (χ1v) is 9.79. The van der Waals surface area contributed by atoms with Gasteiger partial charge in [0.2, 0.25) is 0 Å². The number of hydrogen-bond acceptors (Lipinski definition) is 2. The molecule has 1 amide bonds. The van der Waals surface area contributed by atoms with Crippen molar-refractivity contribution in [2.45, 2.75) is 6.92 Å². The normalized spacial score (nSPS) is 10.4. The van der Waals surface area contributed by atoms with Crippen LogP contribution in [0.2, 0.25) is 0 Å². The number of nitrogens with one attached hydrogen (secondary N) is 1. The second kappa shape index (κ2) is 8.58. The number of ketones is 1. The summed E-state index contributed by atoms with van der Waals surface area (Å²) in [6, 6.07) is 31.7. The number of anilines is 1. The topological polar surface area (TPSA) is 46.2 Å². The monoisotopic (exact) mass is 391 g/mol. The van der Waals surface area contributed by atoms with Crippen molar-refractivity contribution in [3.63, 3.8) is 0 Å². The highest BCUT2D eigenvalue weighted by Gasteiger charge is 2.17. The van der Waals surface area contributed by atoms with Crippen LogP contribution in [0.4, 0.5) is 5.69 Å². The first-order chi connectivity index (χ1) is 14.6. The number of aryl methyl sites for hydroxylation is 1. The molecule has 0 atom stereocenters. The molecule has 0 bridgehead atoms. The number of hydrogen-bond donors (Lipinski definition) is 1. The van der Waals surface area contributed by atoms with Gasteiger partial charge >= 0.3 is 0 Å². The SMILES string of the molecule is Cc1ccc(-c2ccccc2C(=O)Nc2ccccc2C(=O)c2ccccc2)cc1. The minimum atomic E-state index is -0.250. The predicted octanol–water partition coefficient (Wildman–Crippen LogP) is 6.15. The van der Waals surface area contributed by atoms with Crippen LogP contribution in [0, 0.1) is 6.92 Å². The molecular weight excluding hydrogens is 370 g/mol. The first kappa shape index (κ1) is 19.3. The van der Waals surface area contributed by atoms with Gasteiger partial charge in [-0.05, 0) is 36.2 Å². The highest BCUT2D eigenvalue weighted by atomic mass is 16.2. The summed E-state index contributed by atoms with van der Waals surface area (Å²) in [6.07, 6.45) is 0. The largest absolute Gasteiger partial charge is 0.321 e. The van der Waals surface area contributed by atoms with E-state index in [0.29, 0.717) is 22.4 Å². The first-order valence-electron chi connectivity index (χ1n) is 9.79. The van der Waals surface area contributed by atoms with Crippen LogP contribution in [0.15, 0.2) is 103 Å². The Morgan fingerprint density at radius 3 is 1.97 bits per heavy atom. The summed E-state index contributed by atoms with van der Waals surface area (Å²) in [4.78, 5) is 26.1. The van der Waals surface area contributed by atoms with Crippen molar-refractivity contribution < 1.29 is 9.59 Å². The van der Waals surface area contributed by atoms with Crippen LogP contribution < -0.4 is 5.32 Å². The predicted molar refractivity (Wildman–Crippen MR) is 121 cm³/mol. The average molecular weight is 391 g/mol. The Balaban J connectivity index is 1.67. The smallest absolute Gasteiger partial charge is 0.256 e. The fourth-order valence-corrected chi connectivity index (χ4v) is 3.39. The molecule has 0 spiro atoms. The van der Waals surface area contributed by atoms with Crippen molar-refractivity contribution in [2.75, 3.05) is 5.32 Å². The highest BCUT2D eigenvalue weighted by Crippen LogP contribution is 2.26. The Kier molecular flexibility index (Phi) is 5.53. The maximum atomic E-state index is 13.2. The van der Waals surface area contributed by atoms with Crippen LogP contribution in [0.25, 0.3) is 11.1 Å². The maximum Gasteiger partial charge on any atom is 0.256 e. The molecule has 4 rings (SSSR count). The zero-order valence-electron chi connectivity index (χ0n) is 16.6. The lowest BCUT2D eigenvalue weighted by Gasteiger charge is -2.13. The molecule has 0 unspecified atom stereocenters. The Labute approximate surface area is 176 Å². The lowest BCUT2D eigenvalue weighted by atomic mass is 9.97. The third kappa shape index (κ3) is 4.06. The highest BCUT2D eigenvalue weighted by molar-refractivity contribution is 6.16. The fraction of sp³-hybridized carbons (Fsp3) is 0.0370. The van der Waals surface area contributed by atoms with Gasteiger partial charge < -0.3 is 5.32 Å². The molecule has 3 heteroatoms. The van der Waals surface area contributed by atoms with E-state index in [-0.39, 0.29) is 11.7 Å². The second-order valence-corrected chi connectivity index (χ2v) is 7.11. The number of carbonyl (C=O) groups excluding carboxylic acids is 2. The van der Waals surface area contributed by atoms with Crippen molar-refractivity contribution >= 4 is 17.4 Å². The lowest BCUT2D eigenvalue weighted by Crippen LogP contribution is -2.16. The minimum Gasteiger partial charge on any atom is -0.321 e. The zero-order chi connectivity index (χ0) is 20.9. The van der Waals surface area contributed by atoms with Crippen molar-refractivity contribution in [2.24, 2.45) is 0 Å². The summed E-state index contributed by atoms with van der Waals surface area (Å²) in [5.74, 6) is -0.377. The molecule has 0 aliphatic carbocycles. The molecule has 30 heavy (non-hydrogen) atoms. The molecule has 146 valence electrons. The zero-order valence-corrected chi connectivity index (χ0v) is 16.6. The van der Waals surface area contributed by atoms with Crippen LogP contribution in [0.5, 0.6) is 0 Å². The van der Waals surface area contributed by atoms with E-state index in [9.17, 15) is 9.59 Å². The molecule has 0 aliphatic rings.